The normalized spacial score (nSPS) is 11.8. The molecule has 0 saturated heterocycles. The molecule has 0 rings (SSSR count). The molecule has 0 spiro atoms. The lowest BCUT2D eigenvalue weighted by molar-refractivity contribution is -0.147. The zero-order valence-electron chi connectivity index (χ0n) is 6.79. The summed E-state index contributed by atoms with van der Waals surface area (Å²) >= 11 is 0. The highest BCUT2D eigenvalue weighted by Gasteiger charge is 2.12. The van der Waals surface area contributed by atoms with Gasteiger partial charge in [0.1, 0.15) is 0 Å². The molecule has 4 heteroatoms. The first-order valence-electron chi connectivity index (χ1n) is 3.56. The fraction of sp³-hybridized carbons (Fsp3) is 0.714. The first kappa shape index (κ1) is 9.94. The van der Waals surface area contributed by atoms with Crippen LogP contribution >= 0.6 is 0 Å². The molecule has 0 aromatic rings. The van der Waals surface area contributed by atoms with Crippen LogP contribution in [-0.2, 0) is 14.3 Å². The molecule has 0 aliphatic carbocycles. The third-order valence-corrected chi connectivity index (χ3v) is 1.20. The molecule has 64 valence electrons. The van der Waals surface area contributed by atoms with Gasteiger partial charge in [0.15, 0.2) is 0 Å². The fourth-order valence-corrected chi connectivity index (χ4v) is 0.593. The van der Waals surface area contributed by atoms with Crippen LogP contribution in [0, 0.1) is 5.92 Å². The monoisotopic (exact) mass is 159 g/mol. The lowest BCUT2D eigenvalue weighted by Crippen LogP contribution is -2.26. The van der Waals surface area contributed by atoms with Gasteiger partial charge in [-0.2, -0.15) is 0 Å². The molecule has 1 amide bonds. The lowest BCUT2D eigenvalue weighted by atomic mass is 10.2. The van der Waals surface area contributed by atoms with Crippen molar-refractivity contribution in [2.75, 3.05) is 13.2 Å². The van der Waals surface area contributed by atoms with Crippen LogP contribution in [0.5, 0.6) is 0 Å². The minimum Gasteiger partial charge on any atom is -0.466 e. The van der Waals surface area contributed by atoms with Gasteiger partial charge in [-0.15, -0.1) is 0 Å². The van der Waals surface area contributed by atoms with Crippen molar-refractivity contribution in [1.82, 2.24) is 5.32 Å². The Hall–Kier alpha value is -1.06. The van der Waals surface area contributed by atoms with E-state index in [-0.39, 0.29) is 11.9 Å². The summed E-state index contributed by atoms with van der Waals surface area (Å²) in [5, 5.41) is 2.41. The van der Waals surface area contributed by atoms with E-state index in [0.29, 0.717) is 19.6 Å². The second-order valence-electron chi connectivity index (χ2n) is 2.18. The minimum atomic E-state index is -0.276. The molecule has 0 aromatic carbocycles. The molecule has 0 fully saturated rings. The van der Waals surface area contributed by atoms with E-state index in [0.717, 1.165) is 0 Å². The Morgan fingerprint density at radius 1 is 1.73 bits per heavy atom. The van der Waals surface area contributed by atoms with Gasteiger partial charge in [0.2, 0.25) is 6.41 Å². The van der Waals surface area contributed by atoms with Crippen molar-refractivity contribution in [2.45, 2.75) is 13.8 Å². The summed E-state index contributed by atoms with van der Waals surface area (Å²) in [6.45, 7) is 4.17. The summed E-state index contributed by atoms with van der Waals surface area (Å²) < 4.78 is 4.71. The number of hydrogen-bond donors (Lipinski definition) is 1. The van der Waals surface area contributed by atoms with Gasteiger partial charge >= 0.3 is 5.97 Å². The molecular weight excluding hydrogens is 146 g/mol. The zero-order valence-corrected chi connectivity index (χ0v) is 6.79. The van der Waals surface area contributed by atoms with Crippen LogP contribution in [0.3, 0.4) is 0 Å². The van der Waals surface area contributed by atoms with Crippen molar-refractivity contribution < 1.29 is 14.3 Å². The Labute approximate surface area is 65.9 Å². The van der Waals surface area contributed by atoms with Gasteiger partial charge in [-0.1, -0.05) is 6.92 Å². The zero-order chi connectivity index (χ0) is 8.69. The van der Waals surface area contributed by atoms with E-state index in [1.54, 1.807) is 13.8 Å². The number of ether oxygens (including phenoxy) is 1. The highest BCUT2D eigenvalue weighted by atomic mass is 16.5. The van der Waals surface area contributed by atoms with Crippen molar-refractivity contribution in [3.63, 3.8) is 0 Å². The number of esters is 1. The Kier molecular flexibility index (Phi) is 5.15. The SMILES string of the molecule is CCOC(=O)C(C)CNC=O. The highest BCUT2D eigenvalue weighted by Crippen LogP contribution is 1.95. The molecule has 11 heavy (non-hydrogen) atoms. The predicted molar refractivity (Wildman–Crippen MR) is 39.9 cm³/mol. The molecule has 0 aliphatic heterocycles. The van der Waals surface area contributed by atoms with E-state index < -0.39 is 0 Å². The van der Waals surface area contributed by atoms with E-state index in [1.807, 2.05) is 0 Å². The third-order valence-electron chi connectivity index (χ3n) is 1.20. The summed E-state index contributed by atoms with van der Waals surface area (Å²) in [4.78, 5) is 20.7. The van der Waals surface area contributed by atoms with Gasteiger partial charge in [-0.3, -0.25) is 9.59 Å². The quantitative estimate of drug-likeness (QED) is 0.451. The number of nitrogens with one attached hydrogen (secondary N) is 1. The van der Waals surface area contributed by atoms with E-state index in [2.05, 4.69) is 5.32 Å². The van der Waals surface area contributed by atoms with Gasteiger partial charge < -0.3 is 10.1 Å². The lowest BCUT2D eigenvalue weighted by Gasteiger charge is -2.08. The Morgan fingerprint density at radius 2 is 2.36 bits per heavy atom. The molecular formula is C7H13NO3. The molecule has 4 nitrogen and oxygen atoms in total. The van der Waals surface area contributed by atoms with Crippen LogP contribution in [0.1, 0.15) is 13.8 Å². The molecule has 1 atom stereocenters. The maximum absolute atomic E-state index is 10.9. The Morgan fingerprint density at radius 3 is 2.82 bits per heavy atom. The Bertz CT molecular complexity index is 136. The van der Waals surface area contributed by atoms with Crippen LogP contribution in [0.25, 0.3) is 0 Å². The molecule has 0 aromatic heterocycles. The molecule has 0 bridgehead atoms. The van der Waals surface area contributed by atoms with Gasteiger partial charge in [0, 0.05) is 6.54 Å². The first-order chi connectivity index (χ1) is 5.22. The molecule has 0 heterocycles. The van der Waals surface area contributed by atoms with Gasteiger partial charge in [-0.05, 0) is 6.92 Å². The highest BCUT2D eigenvalue weighted by molar-refractivity contribution is 5.72. The van der Waals surface area contributed by atoms with Crippen LogP contribution in [-0.4, -0.2) is 25.5 Å². The van der Waals surface area contributed by atoms with E-state index in [9.17, 15) is 9.59 Å². The van der Waals surface area contributed by atoms with E-state index in [1.165, 1.54) is 0 Å². The van der Waals surface area contributed by atoms with E-state index >= 15 is 0 Å². The average molecular weight is 159 g/mol. The van der Waals surface area contributed by atoms with Crippen molar-refractivity contribution in [2.24, 2.45) is 5.92 Å². The second kappa shape index (κ2) is 5.70. The smallest absolute Gasteiger partial charge is 0.310 e. The van der Waals surface area contributed by atoms with Crippen LogP contribution < -0.4 is 5.32 Å². The summed E-state index contributed by atoms with van der Waals surface area (Å²) in [6, 6.07) is 0. The van der Waals surface area contributed by atoms with Crippen LogP contribution in [0.15, 0.2) is 0 Å². The summed E-state index contributed by atoms with van der Waals surface area (Å²) in [5.41, 5.74) is 0. The fourth-order valence-electron chi connectivity index (χ4n) is 0.593. The minimum absolute atomic E-state index is 0.264. The van der Waals surface area contributed by atoms with Crippen molar-refractivity contribution in [3.05, 3.63) is 0 Å². The predicted octanol–water partition coefficient (Wildman–Crippen LogP) is -0.0684. The van der Waals surface area contributed by atoms with Gasteiger partial charge in [0.25, 0.3) is 0 Å². The standard InChI is InChI=1S/C7H13NO3/c1-3-11-7(10)6(2)4-8-5-9/h5-6H,3-4H2,1-2H3,(H,8,9). The van der Waals surface area contributed by atoms with Crippen molar-refractivity contribution in [1.29, 1.82) is 0 Å². The first-order valence-corrected chi connectivity index (χ1v) is 3.56. The number of carbonyl (C=O) groups is 2. The second-order valence-corrected chi connectivity index (χ2v) is 2.18. The molecule has 0 saturated carbocycles. The number of amides is 1. The number of carbonyl (C=O) groups excluding carboxylic acids is 2. The van der Waals surface area contributed by atoms with Crippen LogP contribution in [0.2, 0.25) is 0 Å². The van der Waals surface area contributed by atoms with Gasteiger partial charge in [-0.25, -0.2) is 0 Å². The summed E-state index contributed by atoms with van der Waals surface area (Å²) in [6.07, 6.45) is 0.565. The third kappa shape index (κ3) is 4.36. The van der Waals surface area contributed by atoms with Crippen LogP contribution in [0.4, 0.5) is 0 Å². The number of rotatable bonds is 5. The molecule has 0 aliphatic rings. The van der Waals surface area contributed by atoms with Crippen molar-refractivity contribution >= 4 is 12.4 Å². The average Bonchev–Trinajstić information content (AvgIpc) is 2.00. The van der Waals surface area contributed by atoms with Crippen molar-refractivity contribution in [3.8, 4) is 0 Å². The van der Waals surface area contributed by atoms with Gasteiger partial charge in [0.05, 0.1) is 12.5 Å². The topological polar surface area (TPSA) is 55.4 Å². The maximum Gasteiger partial charge on any atom is 0.310 e. The molecule has 1 unspecified atom stereocenters. The Balaban J connectivity index is 3.54. The molecule has 1 N–H and O–H groups in total. The number of hydrogen-bond acceptors (Lipinski definition) is 3. The largest absolute Gasteiger partial charge is 0.466 e. The maximum atomic E-state index is 10.9. The van der Waals surface area contributed by atoms with E-state index in [4.69, 9.17) is 4.74 Å². The summed E-state index contributed by atoms with van der Waals surface area (Å²) in [7, 11) is 0. The summed E-state index contributed by atoms with van der Waals surface area (Å²) in [5.74, 6) is -0.540. The molecule has 0 radical (unpaired) electrons.